The first-order chi connectivity index (χ1) is 9.51. The number of urea groups is 1. The van der Waals surface area contributed by atoms with E-state index in [1.807, 2.05) is 32.0 Å². The number of ether oxygens (including phenoxy) is 1. The fraction of sp³-hybridized carbons (Fsp3) is 0.533. The van der Waals surface area contributed by atoms with Crippen LogP contribution >= 0.6 is 0 Å². The van der Waals surface area contributed by atoms with Gasteiger partial charge in [0.1, 0.15) is 5.75 Å². The summed E-state index contributed by atoms with van der Waals surface area (Å²) in [6.45, 7) is 5.01. The van der Waals surface area contributed by atoms with Gasteiger partial charge in [-0.2, -0.15) is 0 Å². The molecule has 1 heterocycles. The standard InChI is InChI=1S/C15H22N2O3/c1-10-4-5-12(14(8-10)20-3)16-15(19)17-7-6-11(2)13(18)9-17/h4-5,8,11,13,18H,6-7,9H2,1-3H3,(H,16,19). The molecule has 0 saturated carbocycles. The van der Waals surface area contributed by atoms with E-state index >= 15 is 0 Å². The third-order valence-electron chi connectivity index (χ3n) is 3.80. The SMILES string of the molecule is COc1cc(C)ccc1NC(=O)N1CCC(C)C(O)C1. The van der Waals surface area contributed by atoms with Crippen molar-refractivity contribution in [3.63, 3.8) is 0 Å². The van der Waals surface area contributed by atoms with Gasteiger partial charge in [-0.3, -0.25) is 0 Å². The van der Waals surface area contributed by atoms with Crippen molar-refractivity contribution in [3.8, 4) is 5.75 Å². The van der Waals surface area contributed by atoms with Gasteiger partial charge < -0.3 is 20.1 Å². The first-order valence-corrected chi connectivity index (χ1v) is 6.90. The summed E-state index contributed by atoms with van der Waals surface area (Å²) in [6, 6.07) is 5.43. The van der Waals surface area contributed by atoms with Gasteiger partial charge in [-0.1, -0.05) is 13.0 Å². The molecule has 2 amide bonds. The van der Waals surface area contributed by atoms with Gasteiger partial charge in [0.05, 0.1) is 18.9 Å². The van der Waals surface area contributed by atoms with Crippen molar-refractivity contribution in [2.45, 2.75) is 26.4 Å². The van der Waals surface area contributed by atoms with Crippen molar-refractivity contribution < 1.29 is 14.6 Å². The second-order valence-electron chi connectivity index (χ2n) is 5.41. The van der Waals surface area contributed by atoms with E-state index in [9.17, 15) is 9.90 Å². The minimum Gasteiger partial charge on any atom is -0.495 e. The second kappa shape index (κ2) is 6.13. The molecular weight excluding hydrogens is 256 g/mol. The van der Waals surface area contributed by atoms with Crippen LogP contribution in [0.25, 0.3) is 0 Å². The summed E-state index contributed by atoms with van der Waals surface area (Å²) in [5, 5.41) is 12.7. The molecule has 5 nitrogen and oxygen atoms in total. The number of methoxy groups -OCH3 is 1. The highest BCUT2D eigenvalue weighted by atomic mass is 16.5. The molecule has 0 aromatic heterocycles. The summed E-state index contributed by atoms with van der Waals surface area (Å²) in [4.78, 5) is 13.9. The summed E-state index contributed by atoms with van der Waals surface area (Å²) >= 11 is 0. The molecule has 0 radical (unpaired) electrons. The highest BCUT2D eigenvalue weighted by molar-refractivity contribution is 5.91. The maximum absolute atomic E-state index is 12.2. The van der Waals surface area contributed by atoms with Crippen LogP contribution < -0.4 is 10.1 Å². The Bertz CT molecular complexity index is 490. The van der Waals surface area contributed by atoms with Gasteiger partial charge in [-0.25, -0.2) is 4.79 Å². The average Bonchev–Trinajstić information content (AvgIpc) is 2.43. The molecule has 2 unspecified atom stereocenters. The van der Waals surface area contributed by atoms with E-state index < -0.39 is 6.10 Å². The van der Waals surface area contributed by atoms with Gasteiger partial charge in [0.15, 0.2) is 0 Å². The molecule has 2 atom stereocenters. The molecule has 2 N–H and O–H groups in total. The van der Waals surface area contributed by atoms with Gasteiger partial charge in [0.2, 0.25) is 0 Å². The molecule has 0 bridgehead atoms. The predicted octanol–water partition coefficient (Wildman–Crippen LogP) is 2.24. The van der Waals surface area contributed by atoms with Gasteiger partial charge in [-0.15, -0.1) is 0 Å². The van der Waals surface area contributed by atoms with Crippen LogP contribution in [-0.4, -0.2) is 42.3 Å². The van der Waals surface area contributed by atoms with Crippen LogP contribution in [-0.2, 0) is 0 Å². The predicted molar refractivity (Wildman–Crippen MR) is 78.1 cm³/mol. The minimum atomic E-state index is -0.450. The van der Waals surface area contributed by atoms with Crippen molar-refractivity contribution in [1.29, 1.82) is 0 Å². The fourth-order valence-corrected chi connectivity index (χ4v) is 2.33. The summed E-state index contributed by atoms with van der Waals surface area (Å²) in [6.07, 6.45) is 0.369. The highest BCUT2D eigenvalue weighted by Gasteiger charge is 2.27. The number of anilines is 1. The van der Waals surface area contributed by atoms with Gasteiger partial charge in [-0.05, 0) is 37.0 Å². The zero-order valence-corrected chi connectivity index (χ0v) is 12.2. The lowest BCUT2D eigenvalue weighted by atomic mass is 9.96. The minimum absolute atomic E-state index is 0.196. The van der Waals surface area contributed by atoms with Crippen LogP contribution in [0.15, 0.2) is 18.2 Å². The number of benzene rings is 1. The maximum atomic E-state index is 12.2. The molecule has 1 aliphatic heterocycles. The molecule has 2 rings (SSSR count). The number of aliphatic hydroxyl groups is 1. The van der Waals surface area contributed by atoms with Gasteiger partial charge in [0.25, 0.3) is 0 Å². The van der Waals surface area contributed by atoms with Crippen molar-refractivity contribution >= 4 is 11.7 Å². The first kappa shape index (κ1) is 14.7. The molecule has 5 heteroatoms. The number of amides is 2. The fourth-order valence-electron chi connectivity index (χ4n) is 2.33. The Morgan fingerprint density at radius 3 is 2.90 bits per heavy atom. The molecule has 1 aromatic rings. The normalized spacial score (nSPS) is 22.5. The van der Waals surface area contributed by atoms with E-state index in [0.717, 1.165) is 12.0 Å². The Labute approximate surface area is 119 Å². The zero-order valence-electron chi connectivity index (χ0n) is 12.2. The van der Waals surface area contributed by atoms with E-state index in [1.54, 1.807) is 12.0 Å². The number of aryl methyl sites for hydroxylation is 1. The zero-order chi connectivity index (χ0) is 14.7. The molecule has 0 aliphatic carbocycles. The molecule has 0 spiro atoms. The summed E-state index contributed by atoms with van der Waals surface area (Å²) in [7, 11) is 1.58. The van der Waals surface area contributed by atoms with Crippen LogP contribution in [0.2, 0.25) is 0 Å². The number of rotatable bonds is 2. The number of nitrogens with one attached hydrogen (secondary N) is 1. The Morgan fingerprint density at radius 2 is 2.25 bits per heavy atom. The van der Waals surface area contributed by atoms with Crippen LogP contribution in [0.3, 0.4) is 0 Å². The van der Waals surface area contributed by atoms with Crippen molar-refractivity contribution in [2.75, 3.05) is 25.5 Å². The molecule has 20 heavy (non-hydrogen) atoms. The highest BCUT2D eigenvalue weighted by Crippen LogP contribution is 2.26. The number of β-amino-alcohol motifs (C(OH)–C–C–N with tert-alkyl or cyclic N) is 1. The van der Waals surface area contributed by atoms with Crippen LogP contribution in [0, 0.1) is 12.8 Å². The average molecular weight is 278 g/mol. The van der Waals surface area contributed by atoms with E-state index in [4.69, 9.17) is 4.74 Å². The van der Waals surface area contributed by atoms with Crippen molar-refractivity contribution in [1.82, 2.24) is 4.90 Å². The Morgan fingerprint density at radius 1 is 1.50 bits per heavy atom. The van der Waals surface area contributed by atoms with E-state index in [1.165, 1.54) is 0 Å². The van der Waals surface area contributed by atoms with Gasteiger partial charge in [0, 0.05) is 13.1 Å². The monoisotopic (exact) mass is 278 g/mol. The summed E-state index contributed by atoms with van der Waals surface area (Å²) in [5.41, 5.74) is 1.72. The van der Waals surface area contributed by atoms with E-state index in [0.29, 0.717) is 24.5 Å². The quantitative estimate of drug-likeness (QED) is 0.872. The smallest absolute Gasteiger partial charge is 0.322 e. The molecule has 1 aliphatic rings. The third-order valence-corrected chi connectivity index (χ3v) is 3.80. The lowest BCUT2D eigenvalue weighted by Gasteiger charge is -2.34. The van der Waals surface area contributed by atoms with E-state index in [2.05, 4.69) is 5.32 Å². The number of hydrogen-bond donors (Lipinski definition) is 2. The maximum Gasteiger partial charge on any atom is 0.322 e. The summed E-state index contributed by atoms with van der Waals surface area (Å²) in [5.74, 6) is 0.886. The lowest BCUT2D eigenvalue weighted by molar-refractivity contribution is 0.0463. The number of nitrogens with zero attached hydrogens (tertiary/aromatic N) is 1. The van der Waals surface area contributed by atoms with Crippen LogP contribution in [0.1, 0.15) is 18.9 Å². The third kappa shape index (κ3) is 3.22. The molecule has 1 fully saturated rings. The molecule has 1 aromatic carbocycles. The van der Waals surface area contributed by atoms with Gasteiger partial charge >= 0.3 is 6.03 Å². The van der Waals surface area contributed by atoms with Crippen LogP contribution in [0.4, 0.5) is 10.5 Å². The Hall–Kier alpha value is -1.75. The van der Waals surface area contributed by atoms with Crippen molar-refractivity contribution in [2.24, 2.45) is 5.92 Å². The topological polar surface area (TPSA) is 61.8 Å². The number of hydrogen-bond acceptors (Lipinski definition) is 3. The number of carbonyl (C=O) groups is 1. The number of piperidine rings is 1. The first-order valence-electron chi connectivity index (χ1n) is 6.90. The number of likely N-dealkylation sites (tertiary alicyclic amines) is 1. The van der Waals surface area contributed by atoms with Crippen molar-refractivity contribution in [3.05, 3.63) is 23.8 Å². The molecular formula is C15H22N2O3. The molecule has 110 valence electrons. The second-order valence-corrected chi connectivity index (χ2v) is 5.41. The van der Waals surface area contributed by atoms with Crippen LogP contribution in [0.5, 0.6) is 5.75 Å². The Kier molecular flexibility index (Phi) is 4.49. The van der Waals surface area contributed by atoms with E-state index in [-0.39, 0.29) is 11.9 Å². The number of carbonyl (C=O) groups excluding carboxylic acids is 1. The molecule has 1 saturated heterocycles. The number of aliphatic hydroxyl groups excluding tert-OH is 1. The Balaban J connectivity index is 2.05. The summed E-state index contributed by atoms with van der Waals surface area (Å²) < 4.78 is 5.27. The lowest BCUT2D eigenvalue weighted by Crippen LogP contribution is -2.47. The largest absolute Gasteiger partial charge is 0.495 e.